The number of rotatable bonds is 23. The number of nitrogens with one attached hydrogen (secondary N) is 3. The van der Waals surface area contributed by atoms with E-state index in [1.807, 2.05) is 58.0 Å². The lowest BCUT2D eigenvalue weighted by atomic mass is 9.98. The third kappa shape index (κ3) is 16.9. The lowest BCUT2D eigenvalue weighted by molar-refractivity contribution is -0.150. The maximum absolute atomic E-state index is 14.3. The molecule has 6 amide bonds. The van der Waals surface area contributed by atoms with Crippen molar-refractivity contribution in [1.82, 2.24) is 35.6 Å². The third-order valence-corrected chi connectivity index (χ3v) is 9.94. The summed E-state index contributed by atoms with van der Waals surface area (Å²) in [6, 6.07) is 2.48. The first kappa shape index (κ1) is 52.4. The molecule has 0 radical (unpaired) electrons. The predicted molar refractivity (Wildman–Crippen MR) is 224 cm³/mol. The van der Waals surface area contributed by atoms with Crippen LogP contribution in [-0.2, 0) is 44.7 Å². The Morgan fingerprint density at radius 2 is 1.20 bits per heavy atom. The molecular weight excluding hydrogens is 763 g/mol. The number of carboxylic acids is 1. The summed E-state index contributed by atoms with van der Waals surface area (Å²) >= 11 is 0. The molecule has 0 aromatic heterocycles. The first-order valence-corrected chi connectivity index (χ1v) is 20.1. The number of ether oxygens (including phenoxy) is 1. The van der Waals surface area contributed by atoms with Gasteiger partial charge in [0.25, 0.3) is 0 Å². The first-order valence-electron chi connectivity index (χ1n) is 20.1. The lowest BCUT2D eigenvalue weighted by Gasteiger charge is -2.36. The van der Waals surface area contributed by atoms with Gasteiger partial charge in [0.1, 0.15) is 24.2 Å². The summed E-state index contributed by atoms with van der Waals surface area (Å²) in [5, 5.41) is 28.5. The van der Waals surface area contributed by atoms with Crippen LogP contribution < -0.4 is 16.0 Å². The Morgan fingerprint density at radius 3 is 1.66 bits per heavy atom. The molecule has 0 heterocycles. The molecule has 0 unspecified atom stereocenters. The highest BCUT2D eigenvalue weighted by Crippen LogP contribution is 2.19. The Balaban J connectivity index is 3.33. The largest absolute Gasteiger partial charge is 0.480 e. The summed E-state index contributed by atoms with van der Waals surface area (Å²) in [6.07, 6.45) is -0.894. The van der Waals surface area contributed by atoms with Gasteiger partial charge in [-0.1, -0.05) is 58.0 Å². The van der Waals surface area contributed by atoms with Gasteiger partial charge in [-0.3, -0.25) is 28.8 Å². The van der Waals surface area contributed by atoms with Gasteiger partial charge in [-0.05, 0) is 71.9 Å². The fourth-order valence-corrected chi connectivity index (χ4v) is 6.19. The molecule has 334 valence electrons. The number of aliphatic hydroxyl groups excluding tert-OH is 1. The molecule has 7 atom stereocenters. The van der Waals surface area contributed by atoms with Gasteiger partial charge in [-0.25, -0.2) is 4.79 Å². The van der Waals surface area contributed by atoms with E-state index in [4.69, 9.17) is 4.74 Å². The van der Waals surface area contributed by atoms with Crippen molar-refractivity contribution in [2.45, 2.75) is 130 Å². The number of hydrogen-bond donors (Lipinski definition) is 5. The van der Waals surface area contributed by atoms with Crippen LogP contribution in [0.1, 0.15) is 80.7 Å². The number of amides is 6. The third-order valence-electron chi connectivity index (χ3n) is 9.94. The molecule has 17 nitrogen and oxygen atoms in total. The summed E-state index contributed by atoms with van der Waals surface area (Å²) in [6.45, 7) is 14.8. The number of aliphatic carboxylic acids is 1. The molecule has 0 saturated carbocycles. The summed E-state index contributed by atoms with van der Waals surface area (Å²) in [5.74, 6) is -5.22. The number of nitrogens with zero attached hydrogens (tertiary/aromatic N) is 4. The maximum Gasteiger partial charge on any atom is 0.328 e. The van der Waals surface area contributed by atoms with Gasteiger partial charge in [0.15, 0.2) is 6.04 Å². The van der Waals surface area contributed by atoms with Gasteiger partial charge in [0.05, 0.1) is 30.9 Å². The van der Waals surface area contributed by atoms with Crippen LogP contribution in [0, 0.1) is 11.8 Å². The molecule has 0 aliphatic carbocycles. The number of likely N-dealkylation sites (N-methyl/N-ethyl adjacent to an activating group) is 5. The van der Waals surface area contributed by atoms with Crippen LogP contribution in [0.25, 0.3) is 0 Å². The molecule has 0 spiro atoms. The second-order valence-corrected chi connectivity index (χ2v) is 17.2. The molecule has 0 aliphatic rings. The molecule has 17 heteroatoms. The van der Waals surface area contributed by atoms with Crippen LogP contribution >= 0.6 is 0 Å². The van der Waals surface area contributed by atoms with Crippen molar-refractivity contribution in [3.05, 3.63) is 35.9 Å². The fraction of sp³-hybridized carbons (Fsp3) is 0.690. The van der Waals surface area contributed by atoms with Gasteiger partial charge >= 0.3 is 5.97 Å². The van der Waals surface area contributed by atoms with Crippen LogP contribution in [0.5, 0.6) is 0 Å². The Morgan fingerprint density at radius 1 is 0.712 bits per heavy atom. The summed E-state index contributed by atoms with van der Waals surface area (Å²) < 4.78 is 5.58. The second-order valence-electron chi connectivity index (χ2n) is 17.2. The molecule has 1 rings (SSSR count). The van der Waals surface area contributed by atoms with E-state index >= 15 is 0 Å². The monoisotopic (exact) mass is 834 g/mol. The SMILES string of the molecule is CN[C@@H](C)C(=O)N(C)[C@@H](Cc1ccccc1)C(=O)N(C)[C@@H](CC(C)C)C(=O)N[C@H](C(=O)N(C)CC(=O)N(C)[C@@H](CC(C)C)C(=O)N[C@@H](COC(C)(C)C)C(=O)O)[C@@H](C)O. The average Bonchev–Trinajstić information content (AvgIpc) is 3.15. The van der Waals surface area contributed by atoms with Crippen molar-refractivity contribution in [3.63, 3.8) is 0 Å². The first-order chi connectivity index (χ1) is 27.2. The van der Waals surface area contributed by atoms with Crippen LogP contribution in [-0.4, -0.2) is 168 Å². The Hall–Kier alpha value is -4.61. The molecule has 0 fully saturated rings. The van der Waals surface area contributed by atoms with Crippen LogP contribution in [0.15, 0.2) is 30.3 Å². The van der Waals surface area contributed by atoms with E-state index in [1.165, 1.54) is 44.9 Å². The molecule has 1 aromatic rings. The standard InChI is InChI=1S/C42H71N7O10/c1-25(2)20-31(36(52)44-30(41(57)58)24-59-42(7,8)9)47(12)34(51)23-46(11)40(56)35(28(6)50)45-37(53)32(21-26(3)4)48(13)39(55)33(22-29-18-16-15-17-19-29)49(14)38(54)27(5)43-10/h15-19,25-28,30-33,35,43,50H,20-24H2,1-14H3,(H,44,52)(H,45,53)(H,57,58)/t27-,28+,30-,31-,32-,33-,35-/m0/s1. The van der Waals surface area contributed by atoms with Gasteiger partial charge in [0, 0.05) is 34.6 Å². The number of carbonyl (C=O) groups is 7. The van der Waals surface area contributed by atoms with E-state index in [2.05, 4.69) is 16.0 Å². The number of carboxylic acid groups (broad SMARTS) is 1. The molecule has 5 N–H and O–H groups in total. The zero-order valence-corrected chi connectivity index (χ0v) is 37.6. The van der Waals surface area contributed by atoms with E-state index in [9.17, 15) is 43.8 Å². The van der Waals surface area contributed by atoms with E-state index in [0.29, 0.717) is 0 Å². The summed E-state index contributed by atoms with van der Waals surface area (Å²) in [5.41, 5.74) is 0.135. The zero-order chi connectivity index (χ0) is 45.5. The van der Waals surface area contributed by atoms with Gasteiger partial charge in [0.2, 0.25) is 35.4 Å². The Labute approximate surface area is 350 Å². The minimum absolute atomic E-state index is 0.0838. The molecule has 0 aliphatic heterocycles. The van der Waals surface area contributed by atoms with E-state index in [0.717, 1.165) is 15.4 Å². The number of aliphatic hydroxyl groups is 1. The minimum Gasteiger partial charge on any atom is -0.480 e. The summed E-state index contributed by atoms with van der Waals surface area (Å²) in [4.78, 5) is 99.4. The molecule has 59 heavy (non-hydrogen) atoms. The van der Waals surface area contributed by atoms with Crippen molar-refractivity contribution in [1.29, 1.82) is 0 Å². The van der Waals surface area contributed by atoms with Crippen molar-refractivity contribution < 1.29 is 48.5 Å². The molecular formula is C42H71N7O10. The zero-order valence-electron chi connectivity index (χ0n) is 37.6. The Kier molecular flexibility index (Phi) is 21.2. The highest BCUT2D eigenvalue weighted by Gasteiger charge is 2.39. The van der Waals surface area contributed by atoms with Crippen molar-refractivity contribution in [3.8, 4) is 0 Å². The van der Waals surface area contributed by atoms with E-state index in [-0.39, 0.29) is 43.6 Å². The number of hydrogen-bond acceptors (Lipinski definition) is 10. The number of carbonyl (C=O) groups excluding carboxylic acids is 6. The minimum atomic E-state index is -1.53. The van der Waals surface area contributed by atoms with Gasteiger partial charge in [-0.15, -0.1) is 0 Å². The second kappa shape index (κ2) is 23.8. The summed E-state index contributed by atoms with van der Waals surface area (Å²) in [7, 11) is 7.33. The van der Waals surface area contributed by atoms with E-state index < -0.39 is 90.0 Å². The van der Waals surface area contributed by atoms with Crippen LogP contribution in [0.4, 0.5) is 0 Å². The maximum atomic E-state index is 14.3. The van der Waals surface area contributed by atoms with Crippen molar-refractivity contribution in [2.75, 3.05) is 48.4 Å². The van der Waals surface area contributed by atoms with Gasteiger partial charge in [-0.2, -0.15) is 0 Å². The number of benzene rings is 1. The molecule has 1 aromatic carbocycles. The van der Waals surface area contributed by atoms with E-state index in [1.54, 1.807) is 34.7 Å². The highest BCUT2D eigenvalue weighted by molar-refractivity contribution is 5.96. The quantitative estimate of drug-likeness (QED) is 0.105. The van der Waals surface area contributed by atoms with Crippen LogP contribution in [0.3, 0.4) is 0 Å². The Bertz CT molecular complexity index is 1570. The molecule has 0 saturated heterocycles. The van der Waals surface area contributed by atoms with Crippen LogP contribution in [0.2, 0.25) is 0 Å². The normalized spacial score (nSPS) is 15.2. The lowest BCUT2D eigenvalue weighted by Crippen LogP contribution is -2.61. The highest BCUT2D eigenvalue weighted by atomic mass is 16.5. The van der Waals surface area contributed by atoms with Crippen molar-refractivity contribution in [2.24, 2.45) is 11.8 Å². The van der Waals surface area contributed by atoms with Crippen molar-refractivity contribution >= 4 is 41.4 Å². The smallest absolute Gasteiger partial charge is 0.328 e. The predicted octanol–water partition coefficient (Wildman–Crippen LogP) is 1.12. The van der Waals surface area contributed by atoms with Gasteiger partial charge < -0.3 is 50.5 Å². The molecule has 0 bridgehead atoms. The topological polar surface area (TPSA) is 218 Å². The average molecular weight is 834 g/mol. The fourth-order valence-electron chi connectivity index (χ4n) is 6.19.